The number of likely N-dealkylation sites (tertiary alicyclic amines) is 1. The number of rotatable bonds is 6. The largest absolute Gasteiger partial charge is 0.368 e. The molecule has 8 nitrogen and oxygen atoms in total. The van der Waals surface area contributed by atoms with Gasteiger partial charge in [-0.15, -0.1) is 0 Å². The second-order valence-electron chi connectivity index (χ2n) is 8.55. The second kappa shape index (κ2) is 8.63. The van der Waals surface area contributed by atoms with Crippen LogP contribution in [-0.2, 0) is 10.3 Å². The van der Waals surface area contributed by atoms with E-state index in [4.69, 9.17) is 10.7 Å². The summed E-state index contributed by atoms with van der Waals surface area (Å²) in [5, 5.41) is 3.48. The van der Waals surface area contributed by atoms with Crippen molar-refractivity contribution in [2.75, 3.05) is 18.4 Å². The fraction of sp³-hybridized carbons (Fsp3) is 0.280. The van der Waals surface area contributed by atoms with Gasteiger partial charge < -0.3 is 11.1 Å². The van der Waals surface area contributed by atoms with E-state index in [0.29, 0.717) is 5.95 Å². The molecule has 5 rings (SSSR count). The van der Waals surface area contributed by atoms with E-state index in [1.807, 2.05) is 78.3 Å². The highest BCUT2D eigenvalue weighted by Crippen LogP contribution is 2.31. The number of aromatic nitrogens is 4. The molecular formula is C25H27N7O. The van der Waals surface area contributed by atoms with Crippen LogP contribution in [0.5, 0.6) is 0 Å². The first-order valence-corrected chi connectivity index (χ1v) is 11.2. The highest BCUT2D eigenvalue weighted by atomic mass is 16.1. The molecule has 3 aromatic heterocycles. The fourth-order valence-corrected chi connectivity index (χ4v) is 4.59. The van der Waals surface area contributed by atoms with E-state index in [2.05, 4.69) is 20.2 Å². The molecule has 4 heterocycles. The number of pyridine rings is 1. The highest BCUT2D eigenvalue weighted by Gasteiger charge is 2.41. The summed E-state index contributed by atoms with van der Waals surface area (Å²) in [6.45, 7) is 3.42. The Morgan fingerprint density at radius 3 is 2.58 bits per heavy atom. The number of anilines is 1. The molecule has 1 unspecified atom stereocenters. The van der Waals surface area contributed by atoms with Gasteiger partial charge in [-0.3, -0.25) is 14.1 Å². The first-order valence-electron chi connectivity index (χ1n) is 11.2. The molecule has 1 saturated heterocycles. The lowest BCUT2D eigenvalue weighted by molar-refractivity contribution is -0.130. The summed E-state index contributed by atoms with van der Waals surface area (Å²) in [5.41, 5.74) is 8.58. The van der Waals surface area contributed by atoms with E-state index in [1.54, 1.807) is 6.20 Å². The molecule has 0 radical (unpaired) electrons. The highest BCUT2D eigenvalue weighted by molar-refractivity contribution is 5.85. The van der Waals surface area contributed by atoms with Crippen molar-refractivity contribution in [3.8, 4) is 11.4 Å². The molecule has 8 heteroatoms. The zero-order valence-electron chi connectivity index (χ0n) is 18.6. The standard InChI is InChI=1S/C25H27N7O/c1-25(23(26)33,18-7-3-2-4-8-18)31-15-11-19(12-16-31)29-24-27-13-10-20(30-24)21-17-28-22-9-5-6-14-32(21)22/h2-10,13-14,17,19H,11-12,15-16H2,1H3,(H2,26,33)(H,27,29,30). The first kappa shape index (κ1) is 21.1. The molecule has 1 fully saturated rings. The molecule has 168 valence electrons. The molecule has 3 N–H and O–H groups in total. The Morgan fingerprint density at radius 1 is 1.06 bits per heavy atom. The summed E-state index contributed by atoms with van der Waals surface area (Å²) < 4.78 is 2.01. The monoisotopic (exact) mass is 441 g/mol. The van der Waals surface area contributed by atoms with Gasteiger partial charge in [0.15, 0.2) is 0 Å². The van der Waals surface area contributed by atoms with Crippen molar-refractivity contribution in [1.82, 2.24) is 24.3 Å². The van der Waals surface area contributed by atoms with Crippen LogP contribution in [0.15, 0.2) is 73.2 Å². The zero-order valence-corrected chi connectivity index (χ0v) is 18.6. The van der Waals surface area contributed by atoms with Gasteiger partial charge in [0.1, 0.15) is 11.2 Å². The molecular weight excluding hydrogens is 414 g/mol. The van der Waals surface area contributed by atoms with Crippen LogP contribution in [0, 0.1) is 0 Å². The van der Waals surface area contributed by atoms with Crippen LogP contribution in [0.3, 0.4) is 0 Å². The van der Waals surface area contributed by atoms with E-state index in [9.17, 15) is 4.79 Å². The number of nitrogens with one attached hydrogen (secondary N) is 1. The zero-order chi connectivity index (χ0) is 22.8. The molecule has 1 aliphatic rings. The number of amides is 1. The normalized spacial score (nSPS) is 17.0. The van der Waals surface area contributed by atoms with Crippen LogP contribution in [0.1, 0.15) is 25.3 Å². The number of benzene rings is 1. The molecule has 4 aromatic rings. The second-order valence-corrected chi connectivity index (χ2v) is 8.55. The molecule has 1 aliphatic heterocycles. The topological polar surface area (TPSA) is 101 Å². The van der Waals surface area contributed by atoms with Gasteiger partial charge in [-0.25, -0.2) is 15.0 Å². The molecule has 33 heavy (non-hydrogen) atoms. The Bertz CT molecular complexity index is 1260. The summed E-state index contributed by atoms with van der Waals surface area (Å²) in [4.78, 5) is 28.3. The van der Waals surface area contributed by atoms with Crippen LogP contribution in [0.4, 0.5) is 5.95 Å². The van der Waals surface area contributed by atoms with Gasteiger partial charge in [0.05, 0.1) is 17.6 Å². The third kappa shape index (κ3) is 3.93. The van der Waals surface area contributed by atoms with Crippen LogP contribution >= 0.6 is 0 Å². The minimum absolute atomic E-state index is 0.214. The lowest BCUT2D eigenvalue weighted by atomic mass is 9.87. The lowest BCUT2D eigenvalue weighted by Gasteiger charge is -2.43. The Hall–Kier alpha value is -3.78. The summed E-state index contributed by atoms with van der Waals surface area (Å²) in [7, 11) is 0. The van der Waals surface area contributed by atoms with Crippen molar-refractivity contribution < 1.29 is 4.79 Å². The minimum atomic E-state index is -0.828. The number of piperidine rings is 1. The van der Waals surface area contributed by atoms with Gasteiger partial charge in [-0.1, -0.05) is 36.4 Å². The predicted molar refractivity (Wildman–Crippen MR) is 127 cm³/mol. The minimum Gasteiger partial charge on any atom is -0.368 e. The average Bonchev–Trinajstić information content (AvgIpc) is 3.29. The summed E-state index contributed by atoms with van der Waals surface area (Å²) in [6, 6.07) is 17.8. The number of primary amides is 1. The Kier molecular flexibility index (Phi) is 5.51. The van der Waals surface area contributed by atoms with Crippen LogP contribution < -0.4 is 11.1 Å². The number of nitrogens with two attached hydrogens (primary N) is 1. The first-order chi connectivity index (χ1) is 16.1. The van der Waals surface area contributed by atoms with Crippen molar-refractivity contribution in [1.29, 1.82) is 0 Å². The number of hydrogen-bond donors (Lipinski definition) is 2. The van der Waals surface area contributed by atoms with Gasteiger partial charge in [-0.05, 0) is 43.5 Å². The van der Waals surface area contributed by atoms with E-state index in [0.717, 1.165) is 48.5 Å². The average molecular weight is 442 g/mol. The molecule has 1 amide bonds. The number of carbonyl (C=O) groups excluding carboxylic acids is 1. The number of hydrogen-bond acceptors (Lipinski definition) is 6. The summed E-state index contributed by atoms with van der Waals surface area (Å²) in [5.74, 6) is 0.265. The summed E-state index contributed by atoms with van der Waals surface area (Å²) in [6.07, 6.45) is 7.29. The maximum atomic E-state index is 12.5. The molecule has 0 spiro atoms. The van der Waals surface area contributed by atoms with Gasteiger partial charge in [-0.2, -0.15) is 0 Å². The van der Waals surface area contributed by atoms with Gasteiger partial charge in [0.25, 0.3) is 0 Å². The van der Waals surface area contributed by atoms with E-state index >= 15 is 0 Å². The van der Waals surface area contributed by atoms with Crippen molar-refractivity contribution in [2.24, 2.45) is 5.73 Å². The maximum absolute atomic E-state index is 12.5. The van der Waals surface area contributed by atoms with Gasteiger partial charge in [0.2, 0.25) is 11.9 Å². The van der Waals surface area contributed by atoms with Crippen molar-refractivity contribution in [3.05, 3.63) is 78.8 Å². The fourth-order valence-electron chi connectivity index (χ4n) is 4.59. The maximum Gasteiger partial charge on any atom is 0.242 e. The van der Waals surface area contributed by atoms with E-state index in [1.165, 1.54) is 0 Å². The summed E-state index contributed by atoms with van der Waals surface area (Å²) >= 11 is 0. The Morgan fingerprint density at radius 2 is 1.82 bits per heavy atom. The SMILES string of the molecule is CC(C(N)=O)(c1ccccc1)N1CCC(Nc2nccc(-c3cnc4ccccn34)n2)CC1. The van der Waals surface area contributed by atoms with Crippen LogP contribution in [0.25, 0.3) is 17.0 Å². The molecule has 0 bridgehead atoms. The van der Waals surface area contributed by atoms with Crippen molar-refractivity contribution in [3.63, 3.8) is 0 Å². The molecule has 0 saturated carbocycles. The number of fused-ring (bicyclic) bond motifs is 1. The van der Waals surface area contributed by atoms with Crippen molar-refractivity contribution in [2.45, 2.75) is 31.3 Å². The van der Waals surface area contributed by atoms with E-state index in [-0.39, 0.29) is 11.9 Å². The third-order valence-electron chi connectivity index (χ3n) is 6.61. The van der Waals surface area contributed by atoms with Crippen molar-refractivity contribution >= 4 is 17.5 Å². The van der Waals surface area contributed by atoms with E-state index < -0.39 is 5.54 Å². The quantitative estimate of drug-likeness (QED) is 0.477. The lowest BCUT2D eigenvalue weighted by Crippen LogP contribution is -2.56. The smallest absolute Gasteiger partial charge is 0.242 e. The number of imidazole rings is 1. The molecule has 1 aromatic carbocycles. The van der Waals surface area contributed by atoms with Crippen LogP contribution in [-0.4, -0.2) is 49.3 Å². The number of nitrogens with zero attached hydrogens (tertiary/aromatic N) is 5. The van der Waals surface area contributed by atoms with Crippen LogP contribution in [0.2, 0.25) is 0 Å². The molecule has 1 atom stereocenters. The van der Waals surface area contributed by atoms with Gasteiger partial charge in [0, 0.05) is 31.5 Å². The third-order valence-corrected chi connectivity index (χ3v) is 6.61. The Balaban J connectivity index is 1.29. The molecule has 0 aliphatic carbocycles. The predicted octanol–water partition coefficient (Wildman–Crippen LogP) is 3.07. The number of carbonyl (C=O) groups is 1. The van der Waals surface area contributed by atoms with Gasteiger partial charge >= 0.3 is 0 Å². The Labute approximate surface area is 192 Å².